The number of amides is 2. The number of halogens is 3. The van der Waals surface area contributed by atoms with E-state index in [1.165, 1.54) is 31.4 Å². The normalized spacial score (nSPS) is 15.4. The van der Waals surface area contributed by atoms with Crippen molar-refractivity contribution in [1.29, 1.82) is 0 Å². The molecule has 2 amide bonds. The Morgan fingerprint density at radius 3 is 2.43 bits per heavy atom. The highest BCUT2D eigenvalue weighted by Gasteiger charge is 2.47. The summed E-state index contributed by atoms with van der Waals surface area (Å²) in [7, 11) is 1.43. The molecule has 1 fully saturated rings. The Morgan fingerprint density at radius 1 is 1.06 bits per heavy atom. The fraction of sp³-hybridized carbons (Fsp3) is 0.346. The van der Waals surface area contributed by atoms with Gasteiger partial charge in [-0.3, -0.25) is 19.5 Å². The van der Waals surface area contributed by atoms with Crippen LogP contribution in [0.4, 0.5) is 18.9 Å². The van der Waals surface area contributed by atoms with Crippen LogP contribution in [-0.4, -0.2) is 36.1 Å². The molecule has 9 heteroatoms. The van der Waals surface area contributed by atoms with Gasteiger partial charge in [-0.1, -0.05) is 31.4 Å². The number of pyridine rings is 1. The quantitative estimate of drug-likeness (QED) is 0.513. The molecule has 0 bridgehead atoms. The first-order chi connectivity index (χ1) is 16.8. The van der Waals surface area contributed by atoms with Crippen LogP contribution in [0.3, 0.4) is 0 Å². The maximum absolute atomic E-state index is 13.8. The predicted octanol–water partition coefficient (Wildman–Crippen LogP) is 5.33. The summed E-state index contributed by atoms with van der Waals surface area (Å²) in [5, 5.41) is 3.55. The Bertz CT molecular complexity index is 1190. The zero-order chi connectivity index (χ0) is 25.0. The Morgan fingerprint density at radius 2 is 1.77 bits per heavy atom. The summed E-state index contributed by atoms with van der Waals surface area (Å²) in [6, 6.07) is 12.1. The van der Waals surface area contributed by atoms with Crippen LogP contribution in [0.2, 0.25) is 0 Å². The summed E-state index contributed by atoms with van der Waals surface area (Å²) in [4.78, 5) is 31.1. The molecule has 1 aliphatic rings. The topological polar surface area (TPSA) is 71.5 Å². The van der Waals surface area contributed by atoms with Crippen molar-refractivity contribution in [3.05, 3.63) is 66.4 Å². The molecule has 0 unspecified atom stereocenters. The summed E-state index contributed by atoms with van der Waals surface area (Å²) in [5.74, 6) is -2.38. The van der Waals surface area contributed by atoms with Crippen molar-refractivity contribution in [3.63, 3.8) is 0 Å². The number of methoxy groups -OCH3 is 1. The van der Waals surface area contributed by atoms with E-state index in [-0.39, 0.29) is 17.3 Å². The van der Waals surface area contributed by atoms with Crippen LogP contribution < -0.4 is 15.0 Å². The van der Waals surface area contributed by atoms with Crippen molar-refractivity contribution in [1.82, 2.24) is 10.3 Å². The van der Waals surface area contributed by atoms with E-state index in [0.29, 0.717) is 21.6 Å². The molecule has 1 aromatic heterocycles. The lowest BCUT2D eigenvalue weighted by atomic mass is 9.94. The lowest BCUT2D eigenvalue weighted by Gasteiger charge is -2.34. The van der Waals surface area contributed by atoms with Crippen LogP contribution in [0.1, 0.15) is 43.7 Å². The van der Waals surface area contributed by atoms with Crippen LogP contribution in [-0.2, 0) is 9.59 Å². The van der Waals surface area contributed by atoms with E-state index in [2.05, 4.69) is 10.3 Å². The molecule has 4 rings (SSSR count). The van der Waals surface area contributed by atoms with Crippen molar-refractivity contribution < 1.29 is 27.5 Å². The Kier molecular flexibility index (Phi) is 7.23. The molecular weight excluding hydrogens is 459 g/mol. The molecule has 3 aromatic rings. The number of rotatable bonds is 6. The van der Waals surface area contributed by atoms with Gasteiger partial charge >= 0.3 is 12.1 Å². The van der Waals surface area contributed by atoms with Gasteiger partial charge in [0.2, 0.25) is 5.91 Å². The largest absolute Gasteiger partial charge is 0.497 e. The molecule has 1 heterocycles. The fourth-order valence-corrected chi connectivity index (χ4v) is 4.47. The standard InChI is InChI=1S/C26H26F3N3O3/c1-35-21-12-10-20(11-13-21)32(25(34)26(27,28)29)23(24(33)31-19-7-3-2-4-8-19)18-9-14-22-17(16-18)6-5-15-30-22/h5-6,9-16,19,23H,2-4,7-8H2,1H3,(H,31,33)/t23-/m1/s1. The maximum Gasteiger partial charge on any atom is 0.471 e. The van der Waals surface area contributed by atoms with Crippen LogP contribution in [0.25, 0.3) is 10.9 Å². The SMILES string of the molecule is COc1ccc(N(C(=O)C(F)(F)F)[C@@H](C(=O)NC2CCCCC2)c2ccc3ncccc3c2)cc1. The van der Waals surface area contributed by atoms with Crippen molar-refractivity contribution in [2.75, 3.05) is 12.0 Å². The third kappa shape index (κ3) is 5.55. The first-order valence-electron chi connectivity index (χ1n) is 11.5. The van der Waals surface area contributed by atoms with Gasteiger partial charge in [0, 0.05) is 23.3 Å². The minimum Gasteiger partial charge on any atom is -0.497 e. The fourth-order valence-electron chi connectivity index (χ4n) is 4.47. The lowest BCUT2D eigenvalue weighted by Crippen LogP contribution is -2.50. The molecule has 35 heavy (non-hydrogen) atoms. The minimum atomic E-state index is -5.19. The predicted molar refractivity (Wildman–Crippen MR) is 126 cm³/mol. The number of carbonyl (C=O) groups excluding carboxylic acids is 2. The number of hydrogen-bond donors (Lipinski definition) is 1. The van der Waals surface area contributed by atoms with Crippen molar-refractivity contribution in [3.8, 4) is 5.75 Å². The van der Waals surface area contributed by atoms with Gasteiger partial charge in [0.15, 0.2) is 0 Å². The zero-order valence-electron chi connectivity index (χ0n) is 19.2. The second kappa shape index (κ2) is 10.3. The second-order valence-corrected chi connectivity index (χ2v) is 8.57. The number of carbonyl (C=O) groups is 2. The van der Waals surface area contributed by atoms with E-state index in [9.17, 15) is 22.8 Å². The number of nitrogens with zero attached hydrogens (tertiary/aromatic N) is 2. The summed E-state index contributed by atoms with van der Waals surface area (Å²) in [6.45, 7) is 0. The van der Waals surface area contributed by atoms with Crippen molar-refractivity contribution in [2.45, 2.75) is 50.4 Å². The average Bonchev–Trinajstić information content (AvgIpc) is 2.86. The molecule has 2 aromatic carbocycles. The summed E-state index contributed by atoms with van der Waals surface area (Å²) in [5.41, 5.74) is 0.816. The van der Waals surface area contributed by atoms with Crippen LogP contribution >= 0.6 is 0 Å². The van der Waals surface area contributed by atoms with E-state index in [1.807, 2.05) is 0 Å². The summed E-state index contributed by atoms with van der Waals surface area (Å²) in [6.07, 6.45) is 0.819. The third-order valence-electron chi connectivity index (χ3n) is 6.21. The second-order valence-electron chi connectivity index (χ2n) is 8.57. The number of anilines is 1. The van der Waals surface area contributed by atoms with Gasteiger partial charge in [-0.05, 0) is 60.9 Å². The third-order valence-corrected chi connectivity index (χ3v) is 6.21. The molecule has 6 nitrogen and oxygen atoms in total. The van der Waals surface area contributed by atoms with Crippen LogP contribution in [0, 0.1) is 0 Å². The zero-order valence-corrected chi connectivity index (χ0v) is 19.2. The maximum atomic E-state index is 13.8. The van der Waals surface area contributed by atoms with Gasteiger partial charge < -0.3 is 10.1 Å². The summed E-state index contributed by atoms with van der Waals surface area (Å²) < 4.78 is 46.6. The number of fused-ring (bicyclic) bond motifs is 1. The monoisotopic (exact) mass is 485 g/mol. The van der Waals surface area contributed by atoms with E-state index in [4.69, 9.17) is 4.74 Å². The van der Waals surface area contributed by atoms with Gasteiger partial charge in [0.25, 0.3) is 0 Å². The number of ether oxygens (including phenoxy) is 1. The van der Waals surface area contributed by atoms with Gasteiger partial charge in [-0.15, -0.1) is 0 Å². The van der Waals surface area contributed by atoms with E-state index in [0.717, 1.165) is 32.1 Å². The molecule has 1 atom stereocenters. The molecule has 0 aliphatic heterocycles. The molecule has 1 N–H and O–H groups in total. The lowest BCUT2D eigenvalue weighted by molar-refractivity contribution is -0.171. The molecule has 1 aliphatic carbocycles. The molecule has 1 saturated carbocycles. The highest BCUT2D eigenvalue weighted by molar-refractivity contribution is 6.04. The highest BCUT2D eigenvalue weighted by Crippen LogP contribution is 2.35. The number of nitrogens with one attached hydrogen (secondary N) is 1. The molecule has 184 valence electrons. The number of benzene rings is 2. The number of alkyl halides is 3. The first kappa shape index (κ1) is 24.5. The number of hydrogen-bond acceptors (Lipinski definition) is 4. The van der Waals surface area contributed by atoms with Crippen molar-refractivity contribution in [2.24, 2.45) is 0 Å². The number of aromatic nitrogens is 1. The Hall–Kier alpha value is -3.62. The molecular formula is C26H26F3N3O3. The molecule has 0 saturated heterocycles. The first-order valence-corrected chi connectivity index (χ1v) is 11.5. The Balaban J connectivity index is 1.83. The smallest absolute Gasteiger partial charge is 0.471 e. The van der Waals surface area contributed by atoms with E-state index >= 15 is 0 Å². The van der Waals surface area contributed by atoms with Crippen LogP contribution in [0.5, 0.6) is 5.75 Å². The van der Waals surface area contributed by atoms with Gasteiger partial charge in [-0.2, -0.15) is 13.2 Å². The van der Waals surface area contributed by atoms with E-state index in [1.54, 1.807) is 36.5 Å². The van der Waals surface area contributed by atoms with Crippen LogP contribution in [0.15, 0.2) is 60.8 Å². The van der Waals surface area contributed by atoms with Gasteiger partial charge in [0.05, 0.1) is 12.6 Å². The van der Waals surface area contributed by atoms with Gasteiger partial charge in [-0.25, -0.2) is 0 Å². The summed E-state index contributed by atoms with van der Waals surface area (Å²) >= 11 is 0. The molecule has 0 spiro atoms. The highest BCUT2D eigenvalue weighted by atomic mass is 19.4. The minimum absolute atomic E-state index is 0.0665. The van der Waals surface area contributed by atoms with Gasteiger partial charge in [0.1, 0.15) is 11.8 Å². The average molecular weight is 486 g/mol. The van der Waals surface area contributed by atoms with E-state index < -0.39 is 24.0 Å². The Labute approximate surface area is 201 Å². The molecule has 0 radical (unpaired) electrons. The van der Waals surface area contributed by atoms with Crippen molar-refractivity contribution >= 4 is 28.4 Å².